The minimum atomic E-state index is -1.32. The second-order valence-electron chi connectivity index (χ2n) is 23.9. The van der Waals surface area contributed by atoms with Gasteiger partial charge < -0.3 is 80.0 Å². The summed E-state index contributed by atoms with van der Waals surface area (Å²) >= 11 is 0. The van der Waals surface area contributed by atoms with Gasteiger partial charge in [-0.3, -0.25) is 67.1 Å². The van der Waals surface area contributed by atoms with Gasteiger partial charge in [-0.05, 0) is 81.8 Å². The highest BCUT2D eigenvalue weighted by Gasteiger charge is 2.34. The third-order valence-corrected chi connectivity index (χ3v) is 14.1. The Bertz CT molecular complexity index is 2800. The van der Waals surface area contributed by atoms with Crippen LogP contribution in [0.4, 0.5) is 0 Å². The first-order valence-electron chi connectivity index (χ1n) is 30.6. The van der Waals surface area contributed by atoms with Crippen LogP contribution in [0.15, 0.2) is 60.7 Å². The van der Waals surface area contributed by atoms with E-state index < -0.39 is 169 Å². The predicted octanol–water partition coefficient (Wildman–Crippen LogP) is -2.02. The van der Waals surface area contributed by atoms with Gasteiger partial charge in [-0.2, -0.15) is 0 Å². The molecule has 0 spiro atoms. The second kappa shape index (κ2) is 39.9. The highest BCUT2D eigenvalue weighted by molar-refractivity contribution is 5.99. The Morgan fingerprint density at radius 2 is 0.692 bits per heavy atom. The van der Waals surface area contributed by atoms with Crippen molar-refractivity contribution in [3.8, 4) is 0 Å². The van der Waals surface area contributed by atoms with Crippen LogP contribution in [0.3, 0.4) is 0 Å². The Labute approximate surface area is 531 Å². The van der Waals surface area contributed by atoms with E-state index in [-0.39, 0.29) is 55.8 Å². The SMILES string of the molecule is CC[C@H](C)[C@H](NC(=O)[C@H](C)N)C(=O)NCC(=O)N[C@@H](C)C(=O)N[C@@H](CC(C)C)C(=O)N[C@@H](Cc1ccccc1)C(=O)N[C@@H](CC(C)C)C(=O)NCC(=O)N[C@@H](Cc1ccccc1)C(=O)N[C@@H](CC(C)C)C(=O)NCC(=O)N[C@@H](C)C(=O)N[C@@H](C)C(=O)NCC(=O)O. The zero-order chi connectivity index (χ0) is 68.7. The van der Waals surface area contributed by atoms with Gasteiger partial charge in [0.15, 0.2) is 0 Å². The lowest BCUT2D eigenvalue weighted by Crippen LogP contribution is -2.59. The fourth-order valence-corrected chi connectivity index (χ4v) is 8.87. The first-order valence-corrected chi connectivity index (χ1v) is 30.6. The molecule has 2 aromatic rings. The van der Waals surface area contributed by atoms with Crippen LogP contribution in [-0.4, -0.2) is 174 Å². The molecule has 29 heteroatoms. The van der Waals surface area contributed by atoms with Crippen LogP contribution in [0.1, 0.15) is 120 Å². The highest BCUT2D eigenvalue weighted by Crippen LogP contribution is 2.13. The molecule has 0 bridgehead atoms. The number of nitrogens with two attached hydrogens (primary N) is 1. The summed E-state index contributed by atoms with van der Waals surface area (Å²) in [6.45, 7) is 17.3. The first-order chi connectivity index (χ1) is 42.7. The van der Waals surface area contributed by atoms with Crippen LogP contribution >= 0.6 is 0 Å². The monoisotopic (exact) mass is 1280 g/mol. The molecule has 0 fully saturated rings. The van der Waals surface area contributed by atoms with Gasteiger partial charge in [0.1, 0.15) is 60.9 Å². The van der Waals surface area contributed by atoms with E-state index in [0.717, 1.165) is 0 Å². The molecular formula is C62H96N14O15. The average molecular weight is 1280 g/mol. The van der Waals surface area contributed by atoms with Crippen molar-refractivity contribution in [2.45, 2.75) is 182 Å². The van der Waals surface area contributed by atoms with E-state index in [2.05, 4.69) is 69.1 Å². The molecule has 91 heavy (non-hydrogen) atoms. The maximum absolute atomic E-state index is 14.4. The summed E-state index contributed by atoms with van der Waals surface area (Å²) in [5.74, 6) is -11.9. The van der Waals surface area contributed by atoms with Crippen molar-refractivity contribution in [2.75, 3.05) is 26.2 Å². The molecule has 0 aromatic heterocycles. The first kappa shape index (κ1) is 78.1. The van der Waals surface area contributed by atoms with Gasteiger partial charge in [-0.1, -0.05) is 122 Å². The Balaban J connectivity index is 2.26. The number of benzene rings is 2. The summed E-state index contributed by atoms with van der Waals surface area (Å²) in [6.07, 6.45) is 0.643. The topological polar surface area (TPSA) is 442 Å². The molecule has 0 saturated heterocycles. The van der Waals surface area contributed by atoms with Gasteiger partial charge in [-0.25, -0.2) is 0 Å². The zero-order valence-corrected chi connectivity index (χ0v) is 54.2. The molecule has 0 unspecified atom stereocenters. The third-order valence-electron chi connectivity index (χ3n) is 14.1. The normalized spacial score (nSPS) is 14.7. The second-order valence-corrected chi connectivity index (χ2v) is 23.9. The molecule has 2 rings (SSSR count). The smallest absolute Gasteiger partial charge is 0.322 e. The lowest BCUT2D eigenvalue weighted by molar-refractivity contribution is -0.138. The van der Waals surface area contributed by atoms with Crippen LogP contribution in [-0.2, 0) is 80.0 Å². The molecule has 0 radical (unpaired) electrons. The summed E-state index contributed by atoms with van der Waals surface area (Å²) in [5.41, 5.74) is 6.92. The number of amides is 13. The number of rotatable bonds is 39. The zero-order valence-electron chi connectivity index (χ0n) is 54.2. The molecule has 0 aliphatic carbocycles. The van der Waals surface area contributed by atoms with Crippen molar-refractivity contribution in [1.29, 1.82) is 0 Å². The lowest BCUT2D eigenvalue weighted by Gasteiger charge is -2.27. The van der Waals surface area contributed by atoms with Gasteiger partial charge in [0.2, 0.25) is 76.8 Å². The van der Waals surface area contributed by atoms with Gasteiger partial charge >= 0.3 is 5.97 Å². The number of carbonyl (C=O) groups is 14. The Hall–Kier alpha value is -9.02. The average Bonchev–Trinajstić information content (AvgIpc) is 2.29. The Kier molecular flexibility index (Phi) is 34.2. The molecule has 0 aliphatic heterocycles. The predicted molar refractivity (Wildman–Crippen MR) is 336 cm³/mol. The summed E-state index contributed by atoms with van der Waals surface area (Å²) < 4.78 is 0. The number of carboxylic acid groups (broad SMARTS) is 1. The van der Waals surface area contributed by atoms with Crippen molar-refractivity contribution >= 4 is 82.8 Å². The lowest BCUT2D eigenvalue weighted by atomic mass is 9.98. The third kappa shape index (κ3) is 30.4. The minimum absolute atomic E-state index is 0.0625. The molecule has 0 saturated carbocycles. The van der Waals surface area contributed by atoms with Crippen LogP contribution in [0, 0.1) is 23.7 Å². The Morgan fingerprint density at radius 3 is 1.09 bits per heavy atom. The highest BCUT2D eigenvalue weighted by atomic mass is 16.4. The molecular weight excluding hydrogens is 1180 g/mol. The standard InChI is InChI=1S/C62H96N14O15/c1-13-36(8)52(76-53(82)37(9)63)62(91)66-30-49(78)69-40(12)56(85)72-45(26-35(6)7)59(88)75-47(28-42-22-18-15-19-23-42)61(90)74-44(25-34(4)5)58(87)65-31-50(79)71-46(27-41-20-16-14-17-21-41)60(89)73-43(24-33(2)3)57(86)64-29-48(77)68-39(11)55(84)70-38(10)54(83)67-32-51(80)81/h14-23,33-40,43-47,52H,13,24-32,63H2,1-12H3,(H,64,86)(H,65,87)(H,66,91)(H,67,83)(H,68,77)(H,69,78)(H,70,84)(H,71,79)(H,72,85)(H,73,89)(H,74,90)(H,75,88)(H,76,82)(H,80,81)/t36-,37-,38-,39-,40-,43-,44-,45-,46-,47-,52-/m0/s1. The van der Waals surface area contributed by atoms with E-state index in [9.17, 15) is 67.1 Å². The summed E-state index contributed by atoms with van der Waals surface area (Å²) in [5, 5.41) is 41.7. The molecule has 16 N–H and O–H groups in total. The quantitative estimate of drug-likeness (QED) is 0.0343. The van der Waals surface area contributed by atoms with Crippen molar-refractivity contribution in [3.63, 3.8) is 0 Å². The number of nitrogens with one attached hydrogen (secondary N) is 13. The Morgan fingerprint density at radius 1 is 0.363 bits per heavy atom. The van der Waals surface area contributed by atoms with E-state index in [1.54, 1.807) is 95.3 Å². The molecule has 2 aromatic carbocycles. The van der Waals surface area contributed by atoms with E-state index in [1.165, 1.54) is 27.7 Å². The number of hydrogen-bond acceptors (Lipinski definition) is 15. The fourth-order valence-electron chi connectivity index (χ4n) is 8.87. The summed E-state index contributed by atoms with van der Waals surface area (Å²) in [4.78, 5) is 185. The maximum Gasteiger partial charge on any atom is 0.322 e. The van der Waals surface area contributed by atoms with Crippen LogP contribution in [0.25, 0.3) is 0 Å². The van der Waals surface area contributed by atoms with Crippen molar-refractivity contribution in [1.82, 2.24) is 69.1 Å². The van der Waals surface area contributed by atoms with Crippen LogP contribution < -0.4 is 74.9 Å². The van der Waals surface area contributed by atoms with Crippen molar-refractivity contribution < 1.29 is 72.2 Å². The van der Waals surface area contributed by atoms with E-state index in [1.807, 2.05) is 20.8 Å². The van der Waals surface area contributed by atoms with Gasteiger partial charge in [0.05, 0.1) is 25.7 Å². The minimum Gasteiger partial charge on any atom is -0.480 e. The number of hydrogen-bond donors (Lipinski definition) is 15. The van der Waals surface area contributed by atoms with E-state index >= 15 is 0 Å². The van der Waals surface area contributed by atoms with Gasteiger partial charge in [-0.15, -0.1) is 0 Å². The van der Waals surface area contributed by atoms with E-state index in [4.69, 9.17) is 10.8 Å². The van der Waals surface area contributed by atoms with Crippen LogP contribution in [0.5, 0.6) is 0 Å². The molecule has 29 nitrogen and oxygen atoms in total. The molecule has 504 valence electrons. The van der Waals surface area contributed by atoms with Gasteiger partial charge in [0.25, 0.3) is 0 Å². The summed E-state index contributed by atoms with van der Waals surface area (Å²) in [7, 11) is 0. The largest absolute Gasteiger partial charge is 0.480 e. The molecule has 11 atom stereocenters. The summed E-state index contributed by atoms with van der Waals surface area (Å²) in [6, 6.07) is 5.52. The van der Waals surface area contributed by atoms with Crippen LogP contribution in [0.2, 0.25) is 0 Å². The number of carboxylic acids is 1. The van der Waals surface area contributed by atoms with Gasteiger partial charge in [0, 0.05) is 12.8 Å². The van der Waals surface area contributed by atoms with E-state index in [0.29, 0.717) is 17.5 Å². The number of carbonyl (C=O) groups excluding carboxylic acids is 13. The molecule has 13 amide bonds. The number of aliphatic carboxylic acids is 1. The molecule has 0 heterocycles. The van der Waals surface area contributed by atoms with Crippen molar-refractivity contribution in [3.05, 3.63) is 71.8 Å². The fraction of sp³-hybridized carbons (Fsp3) is 0.581. The maximum atomic E-state index is 14.4. The van der Waals surface area contributed by atoms with Crippen molar-refractivity contribution in [2.24, 2.45) is 29.4 Å². The molecule has 0 aliphatic rings.